The van der Waals surface area contributed by atoms with Crippen molar-refractivity contribution in [1.29, 1.82) is 0 Å². The number of aliphatic imine (C=N–C) groups is 1. The molecule has 1 amide bonds. The Bertz CT molecular complexity index is 1380. The van der Waals surface area contributed by atoms with Crippen molar-refractivity contribution in [3.8, 4) is 5.75 Å². The molecule has 1 heterocycles. The van der Waals surface area contributed by atoms with Gasteiger partial charge >= 0.3 is 6.92 Å². The van der Waals surface area contributed by atoms with E-state index in [9.17, 15) is 4.79 Å². The molecule has 5 nitrogen and oxygen atoms in total. The zero-order valence-corrected chi connectivity index (χ0v) is 19.9. The number of para-hydroxylation sites is 1. The minimum absolute atomic E-state index is 0.121. The first-order valence-electron chi connectivity index (χ1n) is 11.8. The predicted molar refractivity (Wildman–Crippen MR) is 147 cm³/mol. The molecular formula is C30H25BN2O3. The van der Waals surface area contributed by atoms with Crippen LogP contribution in [0.5, 0.6) is 5.75 Å². The summed E-state index contributed by atoms with van der Waals surface area (Å²) in [6.45, 7) is -0.371. The highest BCUT2D eigenvalue weighted by Gasteiger charge is 2.29. The van der Waals surface area contributed by atoms with Crippen molar-refractivity contribution in [3.63, 3.8) is 0 Å². The van der Waals surface area contributed by atoms with Gasteiger partial charge in [-0.1, -0.05) is 78.9 Å². The van der Waals surface area contributed by atoms with Crippen LogP contribution in [0.4, 0.5) is 11.4 Å². The first-order valence-corrected chi connectivity index (χ1v) is 11.8. The molecule has 36 heavy (non-hydrogen) atoms. The van der Waals surface area contributed by atoms with E-state index in [1.165, 1.54) is 0 Å². The van der Waals surface area contributed by atoms with Crippen LogP contribution < -0.4 is 21.0 Å². The van der Waals surface area contributed by atoms with Gasteiger partial charge in [0, 0.05) is 23.4 Å². The van der Waals surface area contributed by atoms with Crippen LogP contribution in [-0.2, 0) is 9.45 Å². The number of rotatable bonds is 7. The first kappa shape index (κ1) is 23.2. The Morgan fingerprint density at radius 1 is 0.833 bits per heavy atom. The highest BCUT2D eigenvalue weighted by molar-refractivity contribution is 6.80. The lowest BCUT2D eigenvalue weighted by molar-refractivity contribution is -0.115. The number of nitrogens with zero attached hydrogens (tertiary/aromatic N) is 1. The first-order chi connectivity index (χ1) is 17.7. The molecule has 176 valence electrons. The molecule has 0 radical (unpaired) electrons. The zero-order valence-electron chi connectivity index (χ0n) is 19.9. The third-order valence-corrected chi connectivity index (χ3v) is 5.95. The Hall–Kier alpha value is -4.58. The number of benzene rings is 4. The molecule has 4 aromatic carbocycles. The molecule has 0 aromatic heterocycles. The van der Waals surface area contributed by atoms with Gasteiger partial charge in [-0.2, -0.15) is 0 Å². The molecule has 0 bridgehead atoms. The van der Waals surface area contributed by atoms with Crippen LogP contribution in [0, 0.1) is 0 Å². The molecule has 0 atom stereocenters. The average molecular weight is 472 g/mol. The third kappa shape index (κ3) is 5.23. The summed E-state index contributed by atoms with van der Waals surface area (Å²) in [5.74, 6) is 1.21. The number of amides is 1. The Kier molecular flexibility index (Phi) is 6.94. The molecule has 6 heteroatoms. The van der Waals surface area contributed by atoms with Crippen molar-refractivity contribution in [2.75, 3.05) is 12.4 Å². The van der Waals surface area contributed by atoms with Gasteiger partial charge < -0.3 is 14.7 Å². The van der Waals surface area contributed by atoms with Crippen molar-refractivity contribution in [2.45, 2.75) is 6.42 Å². The number of hydrogen-bond donors (Lipinski definition) is 1. The molecule has 0 unspecified atom stereocenters. The number of nitrogens with one attached hydrogen (secondary N) is 1. The molecule has 0 aliphatic carbocycles. The van der Waals surface area contributed by atoms with Crippen LogP contribution in [0.25, 0.3) is 5.76 Å². The summed E-state index contributed by atoms with van der Waals surface area (Å²) >= 11 is 0. The van der Waals surface area contributed by atoms with E-state index in [-0.39, 0.29) is 19.2 Å². The van der Waals surface area contributed by atoms with Crippen molar-refractivity contribution in [2.24, 2.45) is 4.99 Å². The largest absolute Gasteiger partial charge is 0.551 e. The van der Waals surface area contributed by atoms with Crippen LogP contribution in [0.2, 0.25) is 0 Å². The molecule has 1 aliphatic rings. The number of carbonyl (C=O) groups excluding carboxylic acids is 1. The van der Waals surface area contributed by atoms with E-state index in [1.54, 1.807) is 13.3 Å². The standard InChI is InChI=1S/C30H25BN2O3/c1-35-26-16-10-15-25(20-26)32-21-22-19-29(34)33-28-18-9-8-17-27(28)30(22)36-31(23-11-4-2-5-12-23)24-13-6-3-7-14-24/h2-18,20-21H,19H2,1H3,(H,33,34). The second kappa shape index (κ2) is 10.8. The van der Waals surface area contributed by atoms with Gasteiger partial charge in [-0.05, 0) is 35.2 Å². The van der Waals surface area contributed by atoms with Gasteiger partial charge in [0.1, 0.15) is 11.5 Å². The van der Waals surface area contributed by atoms with Crippen LogP contribution in [0.1, 0.15) is 12.0 Å². The molecule has 1 N–H and O–H groups in total. The topological polar surface area (TPSA) is 59.9 Å². The van der Waals surface area contributed by atoms with E-state index < -0.39 is 0 Å². The normalized spacial score (nSPS) is 13.1. The highest BCUT2D eigenvalue weighted by atomic mass is 16.5. The lowest BCUT2D eigenvalue weighted by Crippen LogP contribution is -2.44. The molecule has 0 fully saturated rings. The monoisotopic (exact) mass is 472 g/mol. The minimum atomic E-state index is -0.371. The van der Waals surface area contributed by atoms with Crippen LogP contribution in [-0.4, -0.2) is 26.1 Å². The van der Waals surface area contributed by atoms with E-state index in [0.717, 1.165) is 22.2 Å². The molecule has 0 saturated carbocycles. The fraction of sp³-hybridized carbons (Fsp3) is 0.0667. The summed E-state index contributed by atoms with van der Waals surface area (Å²) in [5.41, 5.74) is 4.97. The summed E-state index contributed by atoms with van der Waals surface area (Å²) < 4.78 is 12.2. The fourth-order valence-corrected chi connectivity index (χ4v) is 4.20. The smallest absolute Gasteiger partial charge is 0.426 e. The molecule has 0 spiro atoms. The van der Waals surface area contributed by atoms with Gasteiger partial charge in [-0.15, -0.1) is 0 Å². The van der Waals surface area contributed by atoms with E-state index in [4.69, 9.17) is 9.39 Å². The maximum Gasteiger partial charge on any atom is 0.426 e. The number of methoxy groups -OCH3 is 1. The second-order valence-electron chi connectivity index (χ2n) is 8.40. The maximum absolute atomic E-state index is 12.9. The summed E-state index contributed by atoms with van der Waals surface area (Å²) in [7, 11) is 1.62. The van der Waals surface area contributed by atoms with E-state index >= 15 is 0 Å². The number of carbonyl (C=O) groups is 1. The van der Waals surface area contributed by atoms with Gasteiger partial charge in [0.05, 0.1) is 24.9 Å². The summed E-state index contributed by atoms with van der Waals surface area (Å²) in [6.07, 6.45) is 1.85. The summed E-state index contributed by atoms with van der Waals surface area (Å²) in [6, 6.07) is 35.4. The predicted octanol–water partition coefficient (Wildman–Crippen LogP) is 4.97. The Balaban J connectivity index is 1.64. The minimum Gasteiger partial charge on any atom is -0.551 e. The molecule has 4 aromatic rings. The molecule has 1 aliphatic heterocycles. The second-order valence-corrected chi connectivity index (χ2v) is 8.40. The van der Waals surface area contributed by atoms with Crippen LogP contribution >= 0.6 is 0 Å². The molecule has 0 saturated heterocycles. The van der Waals surface area contributed by atoms with Gasteiger partial charge in [0.25, 0.3) is 0 Å². The Morgan fingerprint density at radius 3 is 2.19 bits per heavy atom. The van der Waals surface area contributed by atoms with Gasteiger partial charge in [0.2, 0.25) is 5.91 Å². The summed E-state index contributed by atoms with van der Waals surface area (Å²) in [4.78, 5) is 17.5. The van der Waals surface area contributed by atoms with Crippen molar-refractivity contribution in [1.82, 2.24) is 0 Å². The lowest BCUT2D eigenvalue weighted by atomic mass is 9.55. The highest BCUT2D eigenvalue weighted by Crippen LogP contribution is 2.32. The Labute approximate surface area is 211 Å². The van der Waals surface area contributed by atoms with E-state index in [0.29, 0.717) is 22.8 Å². The van der Waals surface area contributed by atoms with E-state index in [2.05, 4.69) is 10.3 Å². The van der Waals surface area contributed by atoms with Crippen molar-refractivity contribution >= 4 is 47.1 Å². The SMILES string of the molecule is COc1cccc(N=CC2=C(OB(c3ccccc3)c3ccccc3)c3ccccc3NC(=O)C2)c1. The van der Waals surface area contributed by atoms with E-state index in [1.807, 2.05) is 109 Å². The van der Waals surface area contributed by atoms with Crippen molar-refractivity contribution < 1.29 is 14.2 Å². The third-order valence-electron chi connectivity index (χ3n) is 5.95. The average Bonchev–Trinajstić information content (AvgIpc) is 3.06. The van der Waals surface area contributed by atoms with Crippen LogP contribution in [0.15, 0.2) is 120 Å². The lowest BCUT2D eigenvalue weighted by Gasteiger charge is -2.21. The number of ether oxygens (including phenoxy) is 1. The fourth-order valence-electron chi connectivity index (χ4n) is 4.20. The number of fused-ring (bicyclic) bond motifs is 1. The van der Waals surface area contributed by atoms with Crippen molar-refractivity contribution in [3.05, 3.63) is 120 Å². The number of hydrogen-bond acceptors (Lipinski definition) is 4. The maximum atomic E-state index is 12.9. The summed E-state index contributed by atoms with van der Waals surface area (Å²) in [5, 5.41) is 3.01. The molecular weight excluding hydrogens is 447 g/mol. The Morgan fingerprint density at radius 2 is 1.50 bits per heavy atom. The van der Waals surface area contributed by atoms with Gasteiger partial charge in [-0.3, -0.25) is 9.79 Å². The van der Waals surface area contributed by atoms with Crippen LogP contribution in [0.3, 0.4) is 0 Å². The zero-order chi connectivity index (χ0) is 24.7. The van der Waals surface area contributed by atoms with Gasteiger partial charge in [0.15, 0.2) is 0 Å². The molecule has 5 rings (SSSR count). The number of anilines is 1. The quantitative estimate of drug-likeness (QED) is 0.305. The van der Waals surface area contributed by atoms with Gasteiger partial charge in [-0.25, -0.2) is 0 Å².